The molecular weight excluding hydrogens is 346 g/mol. The van der Waals surface area contributed by atoms with Gasteiger partial charge < -0.3 is 10.1 Å². The Bertz CT molecular complexity index is 1040. The van der Waals surface area contributed by atoms with Crippen molar-refractivity contribution in [2.24, 2.45) is 0 Å². The first-order valence-corrected chi connectivity index (χ1v) is 8.01. The van der Waals surface area contributed by atoms with Crippen LogP contribution in [-0.4, -0.2) is 32.6 Å². The van der Waals surface area contributed by atoms with Crippen LogP contribution in [0.1, 0.15) is 29.3 Å². The van der Waals surface area contributed by atoms with Crippen LogP contribution < -0.4 is 10.9 Å². The van der Waals surface area contributed by atoms with Crippen molar-refractivity contribution in [2.75, 3.05) is 12.4 Å². The number of nitrogens with one attached hydrogen (secondary N) is 2. The lowest BCUT2D eigenvalue weighted by molar-refractivity contribution is -0.116. The molecule has 1 atom stereocenters. The zero-order chi connectivity index (χ0) is 17.6. The summed E-state index contributed by atoms with van der Waals surface area (Å²) in [6.07, 6.45) is 0.130. The molecule has 1 amide bonds. The van der Waals surface area contributed by atoms with Gasteiger partial charge >= 0.3 is 0 Å². The van der Waals surface area contributed by atoms with E-state index in [1.54, 1.807) is 12.1 Å². The Morgan fingerprint density at radius 2 is 2.16 bits per heavy atom. The molecule has 128 valence electrons. The minimum Gasteiger partial charge on any atom is -0.377 e. The maximum atomic E-state index is 12.7. The van der Waals surface area contributed by atoms with E-state index in [1.165, 1.54) is 11.6 Å². The molecule has 1 aliphatic rings. The van der Waals surface area contributed by atoms with Crippen molar-refractivity contribution >= 4 is 29.1 Å². The molecule has 2 aromatic heterocycles. The predicted octanol–water partition coefficient (Wildman–Crippen LogP) is 1.69. The van der Waals surface area contributed by atoms with Crippen LogP contribution in [0.15, 0.2) is 29.1 Å². The summed E-state index contributed by atoms with van der Waals surface area (Å²) in [4.78, 5) is 31.9. The van der Waals surface area contributed by atoms with Crippen LogP contribution >= 0.6 is 11.6 Å². The van der Waals surface area contributed by atoms with Crippen LogP contribution in [0.25, 0.3) is 5.78 Å². The summed E-state index contributed by atoms with van der Waals surface area (Å²) in [5, 5.41) is 7.55. The van der Waals surface area contributed by atoms with Gasteiger partial charge in [0.15, 0.2) is 5.82 Å². The standard InChI is InChI=1S/C16H14ClN5O3/c1-25-7-11-18-16-20-15(24)13-9(8-4-2-3-5-10(8)17)6-12(23)19-14(13)22(16)21-11/h2-5,9H,6-7H2,1H3,(H,19,23)(H,18,20,21,24)/t9-/m1/s1. The summed E-state index contributed by atoms with van der Waals surface area (Å²) in [5.41, 5.74) is 0.806. The van der Waals surface area contributed by atoms with Crippen LogP contribution in [0.4, 0.5) is 5.82 Å². The van der Waals surface area contributed by atoms with Gasteiger partial charge in [-0.3, -0.25) is 14.6 Å². The lowest BCUT2D eigenvalue weighted by atomic mass is 9.87. The highest BCUT2D eigenvalue weighted by Crippen LogP contribution is 2.37. The molecule has 0 spiro atoms. The molecule has 0 unspecified atom stereocenters. The number of hydrogen-bond acceptors (Lipinski definition) is 5. The highest BCUT2D eigenvalue weighted by Gasteiger charge is 2.33. The number of methoxy groups -OCH3 is 1. The maximum absolute atomic E-state index is 12.7. The Morgan fingerprint density at radius 3 is 2.92 bits per heavy atom. The van der Waals surface area contributed by atoms with Gasteiger partial charge in [0.25, 0.3) is 5.56 Å². The number of H-pyrrole nitrogens is 1. The Labute approximate surface area is 146 Å². The minimum absolute atomic E-state index is 0.130. The average molecular weight is 360 g/mol. The zero-order valence-corrected chi connectivity index (χ0v) is 14.0. The fourth-order valence-electron chi connectivity index (χ4n) is 3.11. The van der Waals surface area contributed by atoms with Crippen molar-refractivity contribution in [3.05, 3.63) is 56.6 Å². The number of carbonyl (C=O) groups excluding carboxylic acids is 1. The average Bonchev–Trinajstić information content (AvgIpc) is 2.97. The molecule has 25 heavy (non-hydrogen) atoms. The Kier molecular flexibility index (Phi) is 3.78. The third-order valence-corrected chi connectivity index (χ3v) is 4.48. The number of aromatic nitrogens is 4. The highest BCUT2D eigenvalue weighted by molar-refractivity contribution is 6.31. The second kappa shape index (κ2) is 5.98. The van der Waals surface area contributed by atoms with E-state index in [0.29, 0.717) is 22.2 Å². The largest absolute Gasteiger partial charge is 0.377 e. The molecule has 4 rings (SSSR count). The lowest BCUT2D eigenvalue weighted by Crippen LogP contribution is -2.32. The van der Waals surface area contributed by atoms with E-state index in [0.717, 1.165) is 5.56 Å². The van der Waals surface area contributed by atoms with E-state index in [-0.39, 0.29) is 30.3 Å². The predicted molar refractivity (Wildman–Crippen MR) is 90.9 cm³/mol. The van der Waals surface area contributed by atoms with Gasteiger partial charge in [0, 0.05) is 24.5 Å². The quantitative estimate of drug-likeness (QED) is 0.741. The van der Waals surface area contributed by atoms with Crippen LogP contribution in [0.2, 0.25) is 5.02 Å². The number of rotatable bonds is 3. The molecule has 0 radical (unpaired) electrons. The lowest BCUT2D eigenvalue weighted by Gasteiger charge is -2.25. The van der Waals surface area contributed by atoms with Crippen molar-refractivity contribution in [3.8, 4) is 0 Å². The molecule has 3 aromatic rings. The Hall–Kier alpha value is -2.71. The van der Waals surface area contributed by atoms with Gasteiger partial charge in [-0.1, -0.05) is 29.8 Å². The minimum atomic E-state index is -0.458. The smallest absolute Gasteiger partial charge is 0.258 e. The number of hydrogen-bond donors (Lipinski definition) is 2. The van der Waals surface area contributed by atoms with Crippen LogP contribution in [-0.2, 0) is 16.1 Å². The molecular formula is C16H14ClN5O3. The van der Waals surface area contributed by atoms with Gasteiger partial charge in [-0.15, -0.1) is 5.10 Å². The van der Waals surface area contributed by atoms with Gasteiger partial charge in [0.2, 0.25) is 11.7 Å². The monoisotopic (exact) mass is 359 g/mol. The second-order valence-electron chi connectivity index (χ2n) is 5.74. The van der Waals surface area contributed by atoms with Crippen LogP contribution in [0.5, 0.6) is 0 Å². The van der Waals surface area contributed by atoms with Crippen LogP contribution in [0.3, 0.4) is 0 Å². The van der Waals surface area contributed by atoms with Gasteiger partial charge in [0.05, 0.1) is 5.56 Å². The topological polar surface area (TPSA) is 101 Å². The van der Waals surface area contributed by atoms with E-state index >= 15 is 0 Å². The van der Waals surface area contributed by atoms with Crippen molar-refractivity contribution in [3.63, 3.8) is 0 Å². The molecule has 0 saturated carbocycles. The van der Waals surface area contributed by atoms with Crippen LogP contribution in [0, 0.1) is 0 Å². The molecule has 9 heteroatoms. The first-order chi connectivity index (χ1) is 12.1. The number of benzene rings is 1. The molecule has 0 fully saturated rings. The SMILES string of the molecule is COCc1nc2[nH]c(=O)c3c(n2n1)NC(=O)C[C@@H]3c1ccccc1Cl. The summed E-state index contributed by atoms with van der Waals surface area (Å²) >= 11 is 6.29. The van der Waals surface area contributed by atoms with Crippen molar-refractivity contribution in [1.82, 2.24) is 19.6 Å². The first-order valence-electron chi connectivity index (χ1n) is 7.63. The molecule has 2 N–H and O–H groups in total. The number of halogens is 1. The van der Waals surface area contributed by atoms with Crippen molar-refractivity contribution < 1.29 is 9.53 Å². The molecule has 1 aliphatic heterocycles. The Balaban J connectivity index is 1.97. The van der Waals surface area contributed by atoms with Gasteiger partial charge in [-0.05, 0) is 11.6 Å². The van der Waals surface area contributed by atoms with E-state index in [1.807, 2.05) is 12.1 Å². The van der Waals surface area contributed by atoms with E-state index < -0.39 is 5.92 Å². The summed E-state index contributed by atoms with van der Waals surface area (Å²) in [7, 11) is 1.53. The summed E-state index contributed by atoms with van der Waals surface area (Å²) < 4.78 is 6.45. The number of fused-ring (bicyclic) bond motifs is 3. The van der Waals surface area contributed by atoms with E-state index in [9.17, 15) is 9.59 Å². The van der Waals surface area contributed by atoms with Gasteiger partial charge in [-0.2, -0.15) is 9.50 Å². The highest BCUT2D eigenvalue weighted by atomic mass is 35.5. The number of anilines is 1. The van der Waals surface area contributed by atoms with E-state index in [4.69, 9.17) is 16.3 Å². The fourth-order valence-corrected chi connectivity index (χ4v) is 3.38. The summed E-state index contributed by atoms with van der Waals surface area (Å²) in [5.74, 6) is 0.292. The number of carbonyl (C=O) groups is 1. The Morgan fingerprint density at radius 1 is 1.36 bits per heavy atom. The van der Waals surface area contributed by atoms with E-state index in [2.05, 4.69) is 20.4 Å². The number of aromatic amines is 1. The maximum Gasteiger partial charge on any atom is 0.258 e. The van der Waals surface area contributed by atoms with Gasteiger partial charge in [-0.25, -0.2) is 0 Å². The molecule has 3 heterocycles. The normalized spacial score (nSPS) is 16.7. The van der Waals surface area contributed by atoms with Gasteiger partial charge in [0.1, 0.15) is 12.4 Å². The number of nitrogens with zero attached hydrogens (tertiary/aromatic N) is 3. The molecule has 0 bridgehead atoms. The third-order valence-electron chi connectivity index (χ3n) is 4.14. The summed E-state index contributed by atoms with van der Waals surface area (Å²) in [6, 6.07) is 7.18. The second-order valence-corrected chi connectivity index (χ2v) is 6.15. The third kappa shape index (κ3) is 2.59. The fraction of sp³-hybridized carbons (Fsp3) is 0.250. The molecule has 0 aliphatic carbocycles. The molecule has 8 nitrogen and oxygen atoms in total. The van der Waals surface area contributed by atoms with Crippen molar-refractivity contribution in [1.29, 1.82) is 0 Å². The molecule has 0 saturated heterocycles. The first kappa shape index (κ1) is 15.8. The van der Waals surface area contributed by atoms with Crippen molar-refractivity contribution in [2.45, 2.75) is 18.9 Å². The zero-order valence-electron chi connectivity index (χ0n) is 13.2. The number of amides is 1. The molecule has 1 aromatic carbocycles. The number of ether oxygens (including phenoxy) is 1. The summed E-state index contributed by atoms with van der Waals surface area (Å²) in [6.45, 7) is 0.195.